The Bertz CT molecular complexity index is 2650. The zero-order valence-electron chi connectivity index (χ0n) is 32.6. The monoisotopic (exact) mass is 760 g/mol. The molecule has 2 heterocycles. The van der Waals surface area contributed by atoms with Crippen molar-refractivity contribution in [3.05, 3.63) is 203 Å². The summed E-state index contributed by atoms with van der Waals surface area (Å²) in [6, 6.07) is 48.6. The average Bonchev–Trinajstić information content (AvgIpc) is 3.76. The van der Waals surface area contributed by atoms with E-state index in [4.69, 9.17) is 9.98 Å². The summed E-state index contributed by atoms with van der Waals surface area (Å²) in [5, 5.41) is 0. The van der Waals surface area contributed by atoms with Gasteiger partial charge in [0.2, 0.25) is 0 Å². The predicted octanol–water partition coefficient (Wildman–Crippen LogP) is 8.72. The zero-order valence-corrected chi connectivity index (χ0v) is 32.6. The number of hydrogen-bond donors (Lipinski definition) is 0. The SMILES string of the molecule is CN(C)c1ccc(/C=C2\N=C(c3ccccc3)N(c3ccc(C(=O)c4ccccc4)cc3N3C(=O)/C(=C/c4ccc(N(C)C)cc4)N=C3c3ccccc3)C2=O)cc1. The second-order valence-electron chi connectivity index (χ2n) is 14.3. The highest BCUT2D eigenvalue weighted by atomic mass is 16.2. The summed E-state index contributed by atoms with van der Waals surface area (Å²) < 4.78 is 0. The molecule has 0 aliphatic carbocycles. The van der Waals surface area contributed by atoms with E-state index in [9.17, 15) is 14.4 Å². The first kappa shape index (κ1) is 37.3. The van der Waals surface area contributed by atoms with Crippen LogP contribution < -0.4 is 19.6 Å². The van der Waals surface area contributed by atoms with E-state index in [1.807, 2.05) is 165 Å². The fraction of sp³-hybridized carbons (Fsp3) is 0.0816. The minimum atomic E-state index is -0.414. The first-order chi connectivity index (χ1) is 28.2. The summed E-state index contributed by atoms with van der Waals surface area (Å²) in [5.41, 5.74) is 6.92. The number of amides is 2. The van der Waals surface area contributed by atoms with Gasteiger partial charge in [-0.05, 0) is 65.7 Å². The van der Waals surface area contributed by atoms with Crippen molar-refractivity contribution in [1.29, 1.82) is 0 Å². The van der Waals surface area contributed by atoms with Gasteiger partial charge in [-0.3, -0.25) is 24.2 Å². The number of aliphatic imine (C=N–C) groups is 2. The molecule has 0 bridgehead atoms. The maximum atomic E-state index is 14.9. The van der Waals surface area contributed by atoms with Crippen LogP contribution in [0.4, 0.5) is 22.7 Å². The van der Waals surface area contributed by atoms with Gasteiger partial charge in [-0.1, -0.05) is 115 Å². The number of nitrogens with zero attached hydrogens (tertiary/aromatic N) is 6. The summed E-state index contributed by atoms with van der Waals surface area (Å²) in [4.78, 5) is 60.7. The van der Waals surface area contributed by atoms with Crippen molar-refractivity contribution in [3.8, 4) is 0 Å². The molecule has 8 rings (SSSR count). The number of hydrogen-bond acceptors (Lipinski definition) is 7. The van der Waals surface area contributed by atoms with E-state index in [0.29, 0.717) is 45.3 Å². The van der Waals surface area contributed by atoms with Crippen LogP contribution in [0.1, 0.15) is 38.2 Å². The molecule has 6 aromatic carbocycles. The van der Waals surface area contributed by atoms with Crippen LogP contribution in [0.25, 0.3) is 12.2 Å². The van der Waals surface area contributed by atoms with Gasteiger partial charge in [0.15, 0.2) is 5.78 Å². The molecule has 0 spiro atoms. The van der Waals surface area contributed by atoms with Crippen molar-refractivity contribution in [3.63, 3.8) is 0 Å². The van der Waals surface area contributed by atoms with E-state index in [-0.39, 0.29) is 23.1 Å². The molecule has 0 unspecified atom stereocenters. The van der Waals surface area contributed by atoms with Crippen molar-refractivity contribution in [2.45, 2.75) is 0 Å². The molecule has 0 N–H and O–H groups in total. The maximum absolute atomic E-state index is 14.9. The van der Waals surface area contributed by atoms with Crippen molar-refractivity contribution in [2.24, 2.45) is 9.98 Å². The minimum absolute atomic E-state index is 0.202. The number of anilines is 4. The summed E-state index contributed by atoms with van der Waals surface area (Å²) in [7, 11) is 7.88. The largest absolute Gasteiger partial charge is 0.378 e. The minimum Gasteiger partial charge on any atom is -0.378 e. The molecule has 0 fully saturated rings. The highest BCUT2D eigenvalue weighted by Gasteiger charge is 2.39. The Kier molecular flexibility index (Phi) is 10.2. The summed E-state index contributed by atoms with van der Waals surface area (Å²) in [6.45, 7) is 0. The van der Waals surface area contributed by atoms with Crippen LogP contribution >= 0.6 is 0 Å². The second-order valence-corrected chi connectivity index (χ2v) is 14.3. The molecule has 0 radical (unpaired) electrons. The lowest BCUT2D eigenvalue weighted by Gasteiger charge is -2.27. The topological polar surface area (TPSA) is 88.9 Å². The van der Waals surface area contributed by atoms with Crippen LogP contribution in [0, 0.1) is 0 Å². The number of carbonyl (C=O) groups excluding carboxylic acids is 3. The van der Waals surface area contributed by atoms with Gasteiger partial charge in [-0.15, -0.1) is 0 Å². The number of amidine groups is 2. The summed E-state index contributed by atoms with van der Waals surface area (Å²) in [5.74, 6) is -0.301. The Hall–Kier alpha value is -7.65. The molecule has 0 atom stereocenters. The Morgan fingerprint density at radius 3 is 1.33 bits per heavy atom. The highest BCUT2D eigenvalue weighted by Crippen LogP contribution is 2.40. The molecule has 2 aliphatic heterocycles. The van der Waals surface area contributed by atoms with Crippen molar-refractivity contribution in [1.82, 2.24) is 0 Å². The Morgan fingerprint density at radius 1 is 0.483 bits per heavy atom. The molecule has 0 saturated carbocycles. The van der Waals surface area contributed by atoms with Gasteiger partial charge < -0.3 is 9.80 Å². The van der Waals surface area contributed by atoms with Crippen LogP contribution in [0.2, 0.25) is 0 Å². The van der Waals surface area contributed by atoms with Crippen LogP contribution in [-0.4, -0.2) is 57.5 Å². The number of carbonyl (C=O) groups is 3. The Labute approximate surface area is 337 Å². The van der Waals surface area contributed by atoms with Gasteiger partial charge in [-0.25, -0.2) is 9.98 Å². The normalized spacial score (nSPS) is 15.2. The summed E-state index contributed by atoms with van der Waals surface area (Å²) in [6.07, 6.45) is 3.52. The molecule has 9 nitrogen and oxygen atoms in total. The zero-order chi connectivity index (χ0) is 40.3. The standard InChI is InChI=1S/C49H40N6O3/c1-52(2)39-25-20-33(21-26-39)30-41-48(57)54(46(50-41)36-16-10-6-11-17-36)43-29-24-38(45(56)35-14-8-5-9-15-35)32-44(43)55-47(37-18-12-7-13-19-37)51-42(49(55)58)31-34-22-27-40(28-23-34)53(3)4/h5-32H,1-4H3/b41-30-,42-31-. The molecule has 9 heteroatoms. The van der Waals surface area contributed by atoms with Gasteiger partial charge in [0, 0.05) is 61.8 Å². The number of rotatable bonds is 10. The molecule has 0 saturated heterocycles. The van der Waals surface area contributed by atoms with Crippen LogP contribution in [0.15, 0.2) is 179 Å². The Balaban J connectivity index is 1.31. The molecule has 2 amide bonds. The first-order valence-corrected chi connectivity index (χ1v) is 18.9. The first-order valence-electron chi connectivity index (χ1n) is 18.9. The molecule has 2 aliphatic rings. The van der Waals surface area contributed by atoms with Gasteiger partial charge in [-0.2, -0.15) is 0 Å². The predicted molar refractivity (Wildman–Crippen MR) is 235 cm³/mol. The van der Waals surface area contributed by atoms with E-state index in [1.54, 1.807) is 42.5 Å². The van der Waals surface area contributed by atoms with Gasteiger partial charge >= 0.3 is 0 Å². The lowest BCUT2D eigenvalue weighted by Crippen LogP contribution is -2.38. The number of ketones is 1. The van der Waals surface area contributed by atoms with E-state index >= 15 is 0 Å². The lowest BCUT2D eigenvalue weighted by molar-refractivity contribution is -0.114. The second kappa shape index (κ2) is 15.8. The smallest absolute Gasteiger partial charge is 0.282 e. The fourth-order valence-electron chi connectivity index (χ4n) is 6.88. The maximum Gasteiger partial charge on any atom is 0.282 e. The van der Waals surface area contributed by atoms with E-state index < -0.39 is 5.91 Å². The third-order valence-electron chi connectivity index (χ3n) is 9.97. The van der Waals surface area contributed by atoms with E-state index in [0.717, 1.165) is 22.5 Å². The Morgan fingerprint density at radius 2 is 0.897 bits per heavy atom. The molecular weight excluding hydrogens is 721 g/mol. The lowest BCUT2D eigenvalue weighted by atomic mass is 10.0. The van der Waals surface area contributed by atoms with Crippen LogP contribution in [-0.2, 0) is 9.59 Å². The molecule has 284 valence electrons. The molecule has 6 aromatic rings. The summed E-state index contributed by atoms with van der Waals surface area (Å²) >= 11 is 0. The molecular formula is C49H40N6O3. The third-order valence-corrected chi connectivity index (χ3v) is 9.97. The van der Waals surface area contributed by atoms with Gasteiger partial charge in [0.05, 0.1) is 11.4 Å². The van der Waals surface area contributed by atoms with Crippen molar-refractivity contribution < 1.29 is 14.4 Å². The fourth-order valence-corrected chi connectivity index (χ4v) is 6.88. The van der Waals surface area contributed by atoms with E-state index in [2.05, 4.69) is 0 Å². The third kappa shape index (κ3) is 7.36. The van der Waals surface area contributed by atoms with Gasteiger partial charge in [0.25, 0.3) is 11.8 Å². The number of benzene rings is 6. The highest BCUT2D eigenvalue weighted by molar-refractivity contribution is 6.38. The van der Waals surface area contributed by atoms with E-state index in [1.165, 1.54) is 9.80 Å². The van der Waals surface area contributed by atoms with Crippen molar-refractivity contribution in [2.75, 3.05) is 47.8 Å². The van der Waals surface area contributed by atoms with Crippen LogP contribution in [0.3, 0.4) is 0 Å². The van der Waals surface area contributed by atoms with Crippen molar-refractivity contribution >= 4 is 64.2 Å². The molecule has 58 heavy (non-hydrogen) atoms. The quantitative estimate of drug-likeness (QED) is 0.103. The van der Waals surface area contributed by atoms with Crippen LogP contribution in [0.5, 0.6) is 0 Å². The molecule has 0 aromatic heterocycles. The average molecular weight is 761 g/mol. The van der Waals surface area contributed by atoms with Gasteiger partial charge in [0.1, 0.15) is 23.1 Å².